The van der Waals surface area contributed by atoms with Crippen LogP contribution in [0.15, 0.2) is 18.2 Å². The molecule has 0 saturated heterocycles. The Bertz CT molecular complexity index is 625. The summed E-state index contributed by atoms with van der Waals surface area (Å²) in [6.45, 7) is 1.87. The monoisotopic (exact) mass is 289 g/mol. The molecule has 0 fully saturated rings. The lowest BCUT2D eigenvalue weighted by atomic mass is 9.92. The fourth-order valence-electron chi connectivity index (χ4n) is 2.91. The molecule has 0 unspecified atom stereocenters. The number of rotatable bonds is 4. The van der Waals surface area contributed by atoms with Crippen molar-refractivity contribution in [3.63, 3.8) is 0 Å². The Morgan fingerprint density at radius 2 is 2.05 bits per heavy atom. The van der Waals surface area contributed by atoms with Crippen LogP contribution in [0.2, 0.25) is 5.02 Å². The van der Waals surface area contributed by atoms with Crippen LogP contribution in [0.25, 0.3) is 10.9 Å². The number of fused-ring (bicyclic) bond motifs is 2. The molecule has 0 aliphatic heterocycles. The summed E-state index contributed by atoms with van der Waals surface area (Å²) in [6, 6.07) is 6.00. The predicted octanol–water partition coefficient (Wildman–Crippen LogP) is 3.40. The summed E-state index contributed by atoms with van der Waals surface area (Å²) >= 11 is 6.11. The first-order chi connectivity index (χ1) is 9.79. The van der Waals surface area contributed by atoms with E-state index in [2.05, 4.69) is 16.7 Å². The molecule has 3 rings (SSSR count). The number of likely N-dealkylation sites (N-methyl/N-ethyl adjacent to an activating group) is 1. The molecule has 0 amide bonds. The summed E-state index contributed by atoms with van der Waals surface area (Å²) in [5.41, 5.74) is 4.92. The molecule has 0 bridgehead atoms. The van der Waals surface area contributed by atoms with Gasteiger partial charge in [-0.25, -0.2) is 0 Å². The minimum atomic E-state index is 0.752. The number of benzene rings is 1. The number of aryl methyl sites for hydroxylation is 1. The predicted molar refractivity (Wildman–Crippen MR) is 85.8 cm³/mol. The van der Waals surface area contributed by atoms with Gasteiger partial charge in [0.2, 0.25) is 0 Å². The van der Waals surface area contributed by atoms with Crippen LogP contribution in [0.5, 0.6) is 0 Å². The highest BCUT2D eigenvalue weighted by Crippen LogP contribution is 2.34. The van der Waals surface area contributed by atoms with Crippen molar-refractivity contribution in [1.29, 1.82) is 0 Å². The van der Waals surface area contributed by atoms with Crippen LogP contribution in [0, 0.1) is 0 Å². The fourth-order valence-corrected chi connectivity index (χ4v) is 3.08. The molecule has 0 saturated carbocycles. The van der Waals surface area contributed by atoms with Gasteiger partial charge in [-0.3, -0.25) is 4.98 Å². The number of pyridine rings is 1. The molecule has 0 spiro atoms. The van der Waals surface area contributed by atoms with Gasteiger partial charge in [0.15, 0.2) is 0 Å². The van der Waals surface area contributed by atoms with Gasteiger partial charge in [0.1, 0.15) is 0 Å². The second kappa shape index (κ2) is 5.98. The van der Waals surface area contributed by atoms with E-state index in [0.29, 0.717) is 0 Å². The van der Waals surface area contributed by atoms with Crippen molar-refractivity contribution in [3.05, 3.63) is 34.5 Å². The van der Waals surface area contributed by atoms with Crippen LogP contribution in [0.3, 0.4) is 0 Å². The average molecular weight is 290 g/mol. The van der Waals surface area contributed by atoms with Gasteiger partial charge in [-0.1, -0.05) is 11.6 Å². The van der Waals surface area contributed by atoms with Crippen molar-refractivity contribution in [1.82, 2.24) is 10.3 Å². The number of aromatic nitrogens is 1. The van der Waals surface area contributed by atoms with E-state index >= 15 is 0 Å². The van der Waals surface area contributed by atoms with Gasteiger partial charge < -0.3 is 10.6 Å². The van der Waals surface area contributed by atoms with Crippen LogP contribution in [-0.2, 0) is 12.8 Å². The molecule has 2 N–H and O–H groups in total. The molecule has 1 aromatic heterocycles. The summed E-state index contributed by atoms with van der Waals surface area (Å²) in [7, 11) is 1.97. The normalized spacial score (nSPS) is 14.3. The maximum absolute atomic E-state index is 6.11. The lowest BCUT2D eigenvalue weighted by molar-refractivity contribution is 0.671. The van der Waals surface area contributed by atoms with E-state index in [1.54, 1.807) is 0 Å². The zero-order valence-corrected chi connectivity index (χ0v) is 12.6. The smallest absolute Gasteiger partial charge is 0.0741 e. The van der Waals surface area contributed by atoms with E-state index in [9.17, 15) is 0 Å². The Kier molecular flexibility index (Phi) is 4.08. The van der Waals surface area contributed by atoms with E-state index in [4.69, 9.17) is 16.6 Å². The average Bonchev–Trinajstić information content (AvgIpc) is 2.46. The van der Waals surface area contributed by atoms with Crippen LogP contribution in [0.1, 0.15) is 24.1 Å². The van der Waals surface area contributed by atoms with Crippen molar-refractivity contribution in [2.24, 2.45) is 0 Å². The number of nitrogens with one attached hydrogen (secondary N) is 2. The van der Waals surface area contributed by atoms with Gasteiger partial charge in [-0.15, -0.1) is 0 Å². The Morgan fingerprint density at radius 1 is 1.20 bits per heavy atom. The SMILES string of the molecule is CNCCNc1c2c(nc3cc(Cl)ccc13)CCCC2. The van der Waals surface area contributed by atoms with Crippen LogP contribution in [-0.4, -0.2) is 25.1 Å². The first kappa shape index (κ1) is 13.7. The van der Waals surface area contributed by atoms with Gasteiger partial charge in [-0.2, -0.15) is 0 Å². The number of nitrogens with zero attached hydrogens (tertiary/aromatic N) is 1. The van der Waals surface area contributed by atoms with E-state index in [1.165, 1.54) is 35.2 Å². The zero-order chi connectivity index (χ0) is 13.9. The van der Waals surface area contributed by atoms with Crippen LogP contribution in [0.4, 0.5) is 5.69 Å². The highest BCUT2D eigenvalue weighted by molar-refractivity contribution is 6.31. The molecule has 0 radical (unpaired) electrons. The third kappa shape index (κ3) is 2.60. The van der Waals surface area contributed by atoms with E-state index in [0.717, 1.165) is 36.5 Å². The van der Waals surface area contributed by atoms with Crippen molar-refractivity contribution in [3.8, 4) is 0 Å². The fraction of sp³-hybridized carbons (Fsp3) is 0.438. The molecule has 1 heterocycles. The molecule has 1 aliphatic rings. The molecular formula is C16H20ClN3. The number of hydrogen-bond acceptors (Lipinski definition) is 3. The Morgan fingerprint density at radius 3 is 2.90 bits per heavy atom. The van der Waals surface area contributed by atoms with E-state index in [1.807, 2.05) is 19.2 Å². The van der Waals surface area contributed by atoms with Crippen LogP contribution >= 0.6 is 11.6 Å². The second-order valence-electron chi connectivity index (χ2n) is 5.31. The van der Waals surface area contributed by atoms with Crippen molar-refractivity contribution in [2.45, 2.75) is 25.7 Å². The van der Waals surface area contributed by atoms with E-state index in [-0.39, 0.29) is 0 Å². The molecule has 1 aromatic carbocycles. The van der Waals surface area contributed by atoms with Crippen LogP contribution < -0.4 is 10.6 Å². The van der Waals surface area contributed by atoms with Gasteiger partial charge in [0, 0.05) is 34.9 Å². The zero-order valence-electron chi connectivity index (χ0n) is 11.8. The lowest BCUT2D eigenvalue weighted by Gasteiger charge is -2.21. The Balaban J connectivity index is 2.11. The van der Waals surface area contributed by atoms with Gasteiger partial charge in [0.25, 0.3) is 0 Å². The highest BCUT2D eigenvalue weighted by Gasteiger charge is 2.17. The maximum atomic E-state index is 6.11. The summed E-state index contributed by atoms with van der Waals surface area (Å²) in [6.07, 6.45) is 4.71. The number of halogens is 1. The molecule has 106 valence electrons. The molecule has 1 aliphatic carbocycles. The minimum absolute atomic E-state index is 0.752. The standard InChI is InChI=1S/C16H20ClN3/c1-18-8-9-19-16-12-4-2-3-5-14(12)20-15-10-11(17)6-7-13(15)16/h6-7,10,18H,2-5,8-9H2,1H3,(H,19,20). The van der Waals surface area contributed by atoms with Gasteiger partial charge in [-0.05, 0) is 56.5 Å². The van der Waals surface area contributed by atoms with Crippen molar-refractivity contribution < 1.29 is 0 Å². The van der Waals surface area contributed by atoms with Gasteiger partial charge in [0.05, 0.1) is 5.52 Å². The molecule has 0 atom stereocenters. The summed E-state index contributed by atoms with van der Waals surface area (Å²) in [5.74, 6) is 0. The second-order valence-corrected chi connectivity index (χ2v) is 5.75. The molecule has 3 nitrogen and oxygen atoms in total. The first-order valence-corrected chi connectivity index (χ1v) is 7.67. The first-order valence-electron chi connectivity index (χ1n) is 7.29. The summed E-state index contributed by atoms with van der Waals surface area (Å²) in [5, 5.41) is 8.70. The molecular weight excluding hydrogens is 270 g/mol. The molecule has 20 heavy (non-hydrogen) atoms. The maximum Gasteiger partial charge on any atom is 0.0741 e. The highest BCUT2D eigenvalue weighted by atomic mass is 35.5. The number of hydrogen-bond donors (Lipinski definition) is 2. The topological polar surface area (TPSA) is 37.0 Å². The largest absolute Gasteiger partial charge is 0.383 e. The Labute approximate surface area is 124 Å². The minimum Gasteiger partial charge on any atom is -0.383 e. The molecule has 2 aromatic rings. The third-order valence-electron chi connectivity index (χ3n) is 3.90. The Hall–Kier alpha value is -1.32. The molecule has 4 heteroatoms. The van der Waals surface area contributed by atoms with Crippen molar-refractivity contribution >= 4 is 28.2 Å². The third-order valence-corrected chi connectivity index (χ3v) is 4.14. The lowest BCUT2D eigenvalue weighted by Crippen LogP contribution is -2.19. The van der Waals surface area contributed by atoms with Crippen molar-refractivity contribution in [2.75, 3.05) is 25.5 Å². The summed E-state index contributed by atoms with van der Waals surface area (Å²) < 4.78 is 0. The van der Waals surface area contributed by atoms with Gasteiger partial charge >= 0.3 is 0 Å². The summed E-state index contributed by atoms with van der Waals surface area (Å²) in [4.78, 5) is 4.83. The quantitative estimate of drug-likeness (QED) is 0.847. The van der Waals surface area contributed by atoms with E-state index < -0.39 is 0 Å². The number of anilines is 1.